The smallest absolute Gasteiger partial charge is 0.243 e. The number of nitrogens with zero attached hydrogens (tertiary/aromatic N) is 2. The molecule has 0 radical (unpaired) electrons. The second kappa shape index (κ2) is 7.49. The first kappa shape index (κ1) is 19.3. The quantitative estimate of drug-likeness (QED) is 0.807. The van der Waals surface area contributed by atoms with E-state index < -0.39 is 16.1 Å². The fraction of sp³-hybridized carbons (Fsp3) is 0.647. The third kappa shape index (κ3) is 3.81. The van der Waals surface area contributed by atoms with Crippen LogP contribution in [0.2, 0.25) is 0 Å². The number of hydrogen-bond donors (Lipinski definition) is 2. The molecule has 0 aromatic heterocycles. The second-order valence-corrected chi connectivity index (χ2v) is 8.51. The lowest BCUT2D eigenvalue weighted by atomic mass is 10.0. The van der Waals surface area contributed by atoms with E-state index in [1.165, 1.54) is 4.31 Å². The highest BCUT2D eigenvalue weighted by Gasteiger charge is 2.32. The Kier molecular flexibility index (Phi) is 6.04. The monoisotopic (exact) mass is 356 g/mol. The molecular weight excluding hydrogens is 328 g/mol. The number of benzene rings is 1. The molecule has 7 heteroatoms. The van der Waals surface area contributed by atoms with Gasteiger partial charge in [0.2, 0.25) is 10.0 Å². The van der Waals surface area contributed by atoms with Crippen molar-refractivity contribution in [3.63, 3.8) is 0 Å². The number of sulfonamides is 1. The SMILES string of the molecule is Cc1cc(C)c(C)c(S(=O)(=O)N2CCN(C[C@H](O)CO)CC2)c1C. The standard InChI is InChI=1S/C17H28N2O4S/c1-12-9-13(2)15(4)17(14(12)3)24(22,23)19-7-5-18(6-8-19)10-16(21)11-20/h9,16,20-21H,5-8,10-11H2,1-4H3/t16-/m0/s1. The van der Waals surface area contributed by atoms with Gasteiger partial charge in [0, 0.05) is 32.7 Å². The van der Waals surface area contributed by atoms with Gasteiger partial charge in [-0.1, -0.05) is 6.07 Å². The van der Waals surface area contributed by atoms with Gasteiger partial charge in [0.25, 0.3) is 0 Å². The fourth-order valence-electron chi connectivity index (χ4n) is 3.20. The summed E-state index contributed by atoms with van der Waals surface area (Å²) in [4.78, 5) is 2.41. The zero-order valence-corrected chi connectivity index (χ0v) is 15.7. The maximum atomic E-state index is 13.1. The minimum Gasteiger partial charge on any atom is -0.394 e. The molecule has 1 aliphatic rings. The largest absolute Gasteiger partial charge is 0.394 e. The van der Waals surface area contributed by atoms with Gasteiger partial charge in [0.05, 0.1) is 17.6 Å². The lowest BCUT2D eigenvalue weighted by molar-refractivity contribution is 0.0491. The molecular formula is C17H28N2O4S. The zero-order chi connectivity index (χ0) is 18.1. The van der Waals surface area contributed by atoms with Crippen molar-refractivity contribution >= 4 is 10.0 Å². The maximum absolute atomic E-state index is 13.1. The van der Waals surface area contributed by atoms with E-state index in [0.29, 0.717) is 37.6 Å². The first-order valence-corrected chi connectivity index (χ1v) is 9.71. The van der Waals surface area contributed by atoms with Crippen LogP contribution in [0.15, 0.2) is 11.0 Å². The van der Waals surface area contributed by atoms with E-state index in [4.69, 9.17) is 5.11 Å². The van der Waals surface area contributed by atoms with Gasteiger partial charge in [-0.25, -0.2) is 8.42 Å². The summed E-state index contributed by atoms with van der Waals surface area (Å²) in [6.07, 6.45) is -0.780. The van der Waals surface area contributed by atoms with Crippen molar-refractivity contribution in [1.29, 1.82) is 0 Å². The first-order chi connectivity index (χ1) is 11.2. The number of aryl methyl sites for hydroxylation is 2. The summed E-state index contributed by atoms with van der Waals surface area (Å²) in [6, 6.07) is 2.03. The molecule has 24 heavy (non-hydrogen) atoms. The summed E-state index contributed by atoms with van der Waals surface area (Å²) in [5.74, 6) is 0. The van der Waals surface area contributed by atoms with Crippen LogP contribution in [0, 0.1) is 27.7 Å². The minimum atomic E-state index is -3.53. The van der Waals surface area contributed by atoms with Crippen molar-refractivity contribution in [2.24, 2.45) is 0 Å². The van der Waals surface area contributed by atoms with Crippen LogP contribution >= 0.6 is 0 Å². The Balaban J connectivity index is 2.22. The van der Waals surface area contributed by atoms with Crippen LogP contribution in [0.4, 0.5) is 0 Å². The highest BCUT2D eigenvalue weighted by molar-refractivity contribution is 7.89. The van der Waals surface area contributed by atoms with Gasteiger partial charge in [0.1, 0.15) is 0 Å². The molecule has 0 amide bonds. The molecule has 1 aliphatic heterocycles. The van der Waals surface area contributed by atoms with Gasteiger partial charge in [-0.3, -0.25) is 4.90 Å². The second-order valence-electron chi connectivity index (χ2n) is 6.63. The predicted molar refractivity (Wildman–Crippen MR) is 93.7 cm³/mol. The molecule has 1 aromatic rings. The van der Waals surface area contributed by atoms with E-state index in [1.807, 2.05) is 38.7 Å². The molecule has 1 atom stereocenters. The van der Waals surface area contributed by atoms with Gasteiger partial charge in [-0.05, 0) is 49.9 Å². The van der Waals surface area contributed by atoms with Crippen LogP contribution in [0.25, 0.3) is 0 Å². The molecule has 0 unspecified atom stereocenters. The van der Waals surface area contributed by atoms with Gasteiger partial charge < -0.3 is 10.2 Å². The summed E-state index contributed by atoms with van der Waals surface area (Å²) in [7, 11) is -3.53. The van der Waals surface area contributed by atoms with Crippen molar-refractivity contribution in [3.05, 3.63) is 28.3 Å². The highest BCUT2D eigenvalue weighted by Crippen LogP contribution is 2.29. The number of piperazine rings is 1. The van der Waals surface area contributed by atoms with E-state index in [9.17, 15) is 13.5 Å². The Morgan fingerprint density at radius 3 is 2.00 bits per heavy atom. The summed E-state index contributed by atoms with van der Waals surface area (Å²) in [6.45, 7) is 9.59. The molecule has 0 spiro atoms. The van der Waals surface area contributed by atoms with Crippen molar-refractivity contribution in [3.8, 4) is 0 Å². The molecule has 1 saturated heterocycles. The fourth-order valence-corrected chi connectivity index (χ4v) is 5.20. The number of aliphatic hydroxyl groups is 2. The molecule has 0 aliphatic carbocycles. The van der Waals surface area contributed by atoms with E-state index in [1.54, 1.807) is 0 Å². The number of β-amino-alcohol motifs (C(OH)–C–C–N with tert-alkyl or cyclic N) is 1. The number of aliphatic hydroxyl groups excluding tert-OH is 2. The average molecular weight is 356 g/mol. The Labute approximate surface area is 144 Å². The minimum absolute atomic E-state index is 0.278. The van der Waals surface area contributed by atoms with Crippen LogP contribution < -0.4 is 0 Å². The average Bonchev–Trinajstić information content (AvgIpc) is 2.53. The third-order valence-corrected chi connectivity index (χ3v) is 7.08. The van der Waals surface area contributed by atoms with Crippen LogP contribution in [0.3, 0.4) is 0 Å². The summed E-state index contributed by atoms with van der Waals surface area (Å²) in [5.41, 5.74) is 3.61. The predicted octanol–water partition coefficient (Wildman–Crippen LogP) is 0.580. The molecule has 2 N–H and O–H groups in total. The van der Waals surface area contributed by atoms with Gasteiger partial charge in [-0.2, -0.15) is 4.31 Å². The first-order valence-electron chi connectivity index (χ1n) is 8.27. The Morgan fingerprint density at radius 1 is 1.04 bits per heavy atom. The van der Waals surface area contributed by atoms with Gasteiger partial charge in [-0.15, -0.1) is 0 Å². The lowest BCUT2D eigenvalue weighted by Gasteiger charge is -2.35. The van der Waals surface area contributed by atoms with E-state index in [2.05, 4.69) is 0 Å². The molecule has 1 heterocycles. The highest BCUT2D eigenvalue weighted by atomic mass is 32.2. The van der Waals surface area contributed by atoms with Gasteiger partial charge >= 0.3 is 0 Å². The van der Waals surface area contributed by atoms with Crippen molar-refractivity contribution in [2.75, 3.05) is 39.3 Å². The third-order valence-electron chi connectivity index (χ3n) is 4.91. The molecule has 1 aromatic carbocycles. The number of hydrogen-bond acceptors (Lipinski definition) is 5. The summed E-state index contributed by atoms with van der Waals surface area (Å²) < 4.78 is 27.8. The van der Waals surface area contributed by atoms with Gasteiger partial charge in [0.15, 0.2) is 0 Å². The van der Waals surface area contributed by atoms with Crippen molar-refractivity contribution in [2.45, 2.75) is 38.7 Å². The van der Waals surface area contributed by atoms with E-state index in [0.717, 1.165) is 22.3 Å². The van der Waals surface area contributed by atoms with Crippen LogP contribution in [-0.2, 0) is 10.0 Å². The maximum Gasteiger partial charge on any atom is 0.243 e. The van der Waals surface area contributed by atoms with E-state index in [-0.39, 0.29) is 6.61 Å². The molecule has 0 saturated carbocycles. The Morgan fingerprint density at radius 2 is 1.54 bits per heavy atom. The number of rotatable bonds is 5. The van der Waals surface area contributed by atoms with Crippen LogP contribution in [-0.4, -0.2) is 73.3 Å². The van der Waals surface area contributed by atoms with Crippen LogP contribution in [0.5, 0.6) is 0 Å². The van der Waals surface area contributed by atoms with Crippen molar-refractivity contribution < 1.29 is 18.6 Å². The lowest BCUT2D eigenvalue weighted by Crippen LogP contribution is -2.50. The Bertz CT molecular complexity index is 669. The van der Waals surface area contributed by atoms with Crippen molar-refractivity contribution in [1.82, 2.24) is 9.21 Å². The molecule has 1 fully saturated rings. The molecule has 2 rings (SSSR count). The zero-order valence-electron chi connectivity index (χ0n) is 14.9. The topological polar surface area (TPSA) is 81.1 Å². The molecule has 6 nitrogen and oxygen atoms in total. The molecule has 0 bridgehead atoms. The van der Waals surface area contributed by atoms with E-state index >= 15 is 0 Å². The van der Waals surface area contributed by atoms with Crippen LogP contribution in [0.1, 0.15) is 22.3 Å². The summed E-state index contributed by atoms with van der Waals surface area (Å²) >= 11 is 0. The summed E-state index contributed by atoms with van der Waals surface area (Å²) in [5, 5.41) is 18.4. The Hall–Kier alpha value is -0.990. The molecule has 136 valence electrons. The normalized spacial score (nSPS) is 18.8.